The lowest BCUT2D eigenvalue weighted by atomic mass is 10.1. The number of hydrogen-bond donors (Lipinski definition) is 2. The molecule has 0 saturated heterocycles. The number of nitrogens with one attached hydrogen (secondary N) is 1. The highest BCUT2D eigenvalue weighted by Gasteiger charge is 2.18. The van der Waals surface area contributed by atoms with Crippen molar-refractivity contribution in [1.82, 2.24) is 0 Å². The molecule has 0 bridgehead atoms. The maximum Gasteiger partial charge on any atom is 0.337 e. The quantitative estimate of drug-likeness (QED) is 0.749. The van der Waals surface area contributed by atoms with Gasteiger partial charge in [-0.15, -0.1) is 11.3 Å². The van der Waals surface area contributed by atoms with Gasteiger partial charge in [-0.25, -0.2) is 4.79 Å². The number of benzene rings is 2. The molecule has 1 aromatic heterocycles. The van der Waals surface area contributed by atoms with Gasteiger partial charge in [0.05, 0.1) is 5.56 Å². The number of rotatable bonds is 4. The van der Waals surface area contributed by atoms with E-state index in [0.29, 0.717) is 5.69 Å². The number of carboxylic acids is 1. The molecule has 23 heavy (non-hydrogen) atoms. The van der Waals surface area contributed by atoms with Crippen molar-refractivity contribution in [2.24, 2.45) is 0 Å². The maximum atomic E-state index is 12.2. The molecule has 0 aliphatic heterocycles. The molecule has 114 valence electrons. The van der Waals surface area contributed by atoms with Crippen molar-refractivity contribution < 1.29 is 14.7 Å². The lowest BCUT2D eigenvalue weighted by molar-refractivity contribution is 0.0693. The van der Waals surface area contributed by atoms with Crippen LogP contribution < -0.4 is 5.32 Å². The summed E-state index contributed by atoms with van der Waals surface area (Å²) < 4.78 is 0. The summed E-state index contributed by atoms with van der Waals surface area (Å²) in [7, 11) is 0. The van der Waals surface area contributed by atoms with E-state index in [1.54, 1.807) is 17.5 Å². The summed E-state index contributed by atoms with van der Waals surface area (Å²) in [5, 5.41) is 13.4. The van der Waals surface area contributed by atoms with Crippen LogP contribution >= 0.6 is 11.3 Å². The van der Waals surface area contributed by atoms with Gasteiger partial charge >= 0.3 is 5.97 Å². The normalized spacial score (nSPS) is 10.3. The number of carbonyl (C=O) groups excluding carboxylic acids is 1. The summed E-state index contributed by atoms with van der Waals surface area (Å²) in [6, 6.07) is 18.8. The summed E-state index contributed by atoms with van der Waals surface area (Å²) in [6.07, 6.45) is 0. The number of anilines is 1. The van der Waals surface area contributed by atoms with E-state index in [9.17, 15) is 9.59 Å². The van der Waals surface area contributed by atoms with Crippen molar-refractivity contribution in [2.75, 3.05) is 5.32 Å². The molecule has 0 atom stereocenters. The third-order valence-corrected chi connectivity index (χ3v) is 4.26. The third kappa shape index (κ3) is 3.30. The van der Waals surface area contributed by atoms with Crippen LogP contribution in [0.25, 0.3) is 11.1 Å². The van der Waals surface area contributed by atoms with Crippen LogP contribution in [0.15, 0.2) is 66.0 Å². The molecule has 0 aliphatic carbocycles. The van der Waals surface area contributed by atoms with E-state index in [4.69, 9.17) is 5.11 Å². The van der Waals surface area contributed by atoms with Crippen molar-refractivity contribution in [3.63, 3.8) is 0 Å². The molecule has 0 fully saturated rings. The summed E-state index contributed by atoms with van der Waals surface area (Å²) >= 11 is 1.11. The van der Waals surface area contributed by atoms with Crippen molar-refractivity contribution >= 4 is 28.9 Å². The summed E-state index contributed by atoms with van der Waals surface area (Å²) in [5.74, 6) is -1.51. The second-order valence-corrected chi connectivity index (χ2v) is 5.78. The molecule has 2 N–H and O–H groups in total. The number of aromatic carboxylic acids is 1. The molecule has 3 aromatic rings. The largest absolute Gasteiger partial charge is 0.478 e. The summed E-state index contributed by atoms with van der Waals surface area (Å²) in [6.45, 7) is 0. The molecular weight excluding hydrogens is 310 g/mol. The van der Waals surface area contributed by atoms with Gasteiger partial charge in [0.2, 0.25) is 0 Å². The smallest absolute Gasteiger partial charge is 0.337 e. The fourth-order valence-electron chi connectivity index (χ4n) is 2.22. The van der Waals surface area contributed by atoms with E-state index in [2.05, 4.69) is 5.32 Å². The molecule has 0 radical (unpaired) electrons. The molecule has 4 nitrogen and oxygen atoms in total. The Bertz CT molecular complexity index is 838. The van der Waals surface area contributed by atoms with Crippen LogP contribution in [0.2, 0.25) is 0 Å². The standard InChI is InChI=1S/C18H13NO3S/c20-17(16-15(18(21)22)10-11-23-16)19-14-8-6-13(7-9-14)12-4-2-1-3-5-12/h1-11H,(H,19,20)(H,21,22). The highest BCUT2D eigenvalue weighted by atomic mass is 32.1. The van der Waals surface area contributed by atoms with E-state index < -0.39 is 11.9 Å². The van der Waals surface area contributed by atoms with Crippen LogP contribution in [-0.2, 0) is 0 Å². The van der Waals surface area contributed by atoms with Crippen molar-refractivity contribution in [3.8, 4) is 11.1 Å². The second kappa shape index (κ2) is 6.46. The number of carbonyl (C=O) groups is 2. The van der Waals surface area contributed by atoms with Gasteiger partial charge in [-0.3, -0.25) is 4.79 Å². The van der Waals surface area contributed by atoms with E-state index >= 15 is 0 Å². The van der Waals surface area contributed by atoms with Gasteiger partial charge in [-0.1, -0.05) is 42.5 Å². The van der Waals surface area contributed by atoms with Crippen molar-refractivity contribution in [2.45, 2.75) is 0 Å². The Balaban J connectivity index is 1.77. The van der Waals surface area contributed by atoms with E-state index in [1.807, 2.05) is 42.5 Å². The fourth-order valence-corrected chi connectivity index (χ4v) is 3.00. The Hall–Kier alpha value is -2.92. The first-order valence-electron chi connectivity index (χ1n) is 6.93. The Kier molecular flexibility index (Phi) is 4.21. The molecule has 0 unspecified atom stereocenters. The zero-order valence-electron chi connectivity index (χ0n) is 12.0. The zero-order valence-corrected chi connectivity index (χ0v) is 12.8. The van der Waals surface area contributed by atoms with Crippen LogP contribution in [0.4, 0.5) is 5.69 Å². The zero-order chi connectivity index (χ0) is 16.2. The van der Waals surface area contributed by atoms with E-state index in [0.717, 1.165) is 22.5 Å². The van der Waals surface area contributed by atoms with Crippen LogP contribution in [0, 0.1) is 0 Å². The van der Waals surface area contributed by atoms with Crippen LogP contribution in [0.3, 0.4) is 0 Å². The average Bonchev–Trinajstić information content (AvgIpc) is 3.06. The Morgan fingerprint density at radius 2 is 1.52 bits per heavy atom. The van der Waals surface area contributed by atoms with Gasteiger partial charge in [-0.05, 0) is 34.7 Å². The highest BCUT2D eigenvalue weighted by molar-refractivity contribution is 7.12. The number of amides is 1. The predicted molar refractivity (Wildman–Crippen MR) is 91.1 cm³/mol. The minimum Gasteiger partial charge on any atom is -0.478 e. The van der Waals surface area contributed by atoms with Crippen LogP contribution in [-0.4, -0.2) is 17.0 Å². The van der Waals surface area contributed by atoms with Crippen LogP contribution in [0.5, 0.6) is 0 Å². The Morgan fingerprint density at radius 3 is 2.17 bits per heavy atom. The fraction of sp³-hybridized carbons (Fsp3) is 0. The second-order valence-electron chi connectivity index (χ2n) is 4.87. The lowest BCUT2D eigenvalue weighted by Crippen LogP contribution is -2.13. The lowest BCUT2D eigenvalue weighted by Gasteiger charge is -2.06. The number of hydrogen-bond acceptors (Lipinski definition) is 3. The maximum absolute atomic E-state index is 12.2. The molecule has 2 aromatic carbocycles. The van der Waals surface area contributed by atoms with Gasteiger partial charge in [-0.2, -0.15) is 0 Å². The van der Waals surface area contributed by atoms with Crippen molar-refractivity contribution in [3.05, 3.63) is 76.5 Å². The first-order chi connectivity index (χ1) is 11.1. The first kappa shape index (κ1) is 15.0. The van der Waals surface area contributed by atoms with Gasteiger partial charge in [0, 0.05) is 5.69 Å². The van der Waals surface area contributed by atoms with Gasteiger partial charge in [0.25, 0.3) is 5.91 Å². The Morgan fingerprint density at radius 1 is 0.870 bits per heavy atom. The van der Waals surface area contributed by atoms with Gasteiger partial charge in [0.15, 0.2) is 0 Å². The van der Waals surface area contributed by atoms with Gasteiger partial charge in [0.1, 0.15) is 4.88 Å². The minimum atomic E-state index is -1.10. The monoisotopic (exact) mass is 323 g/mol. The first-order valence-corrected chi connectivity index (χ1v) is 7.81. The number of carboxylic acid groups (broad SMARTS) is 1. The molecule has 1 amide bonds. The molecular formula is C18H13NO3S. The highest BCUT2D eigenvalue weighted by Crippen LogP contribution is 2.23. The third-order valence-electron chi connectivity index (χ3n) is 3.35. The van der Waals surface area contributed by atoms with E-state index in [-0.39, 0.29) is 10.4 Å². The van der Waals surface area contributed by atoms with Crippen molar-refractivity contribution in [1.29, 1.82) is 0 Å². The summed E-state index contributed by atoms with van der Waals surface area (Å²) in [4.78, 5) is 23.5. The average molecular weight is 323 g/mol. The SMILES string of the molecule is O=C(O)c1ccsc1C(=O)Nc1ccc(-c2ccccc2)cc1. The van der Waals surface area contributed by atoms with E-state index in [1.165, 1.54) is 6.07 Å². The minimum absolute atomic E-state index is 0.0217. The van der Waals surface area contributed by atoms with Crippen LogP contribution in [0.1, 0.15) is 20.0 Å². The summed E-state index contributed by atoms with van der Waals surface area (Å²) in [5.41, 5.74) is 2.79. The Labute approximate surface area is 137 Å². The molecule has 0 aliphatic rings. The molecule has 0 saturated carbocycles. The number of thiophene rings is 1. The molecule has 0 spiro atoms. The molecule has 1 heterocycles. The molecule has 3 rings (SSSR count). The molecule has 5 heteroatoms. The van der Waals surface area contributed by atoms with Gasteiger partial charge < -0.3 is 10.4 Å². The predicted octanol–water partition coefficient (Wildman–Crippen LogP) is 4.37. The topological polar surface area (TPSA) is 66.4 Å².